The molecule has 2 aromatic heterocycles. The fourth-order valence-corrected chi connectivity index (χ4v) is 5.77. The van der Waals surface area contributed by atoms with E-state index in [-0.39, 0.29) is 17.8 Å². The second-order valence-electron chi connectivity index (χ2n) is 10.1. The molecule has 5 aromatic rings. The van der Waals surface area contributed by atoms with Crippen molar-refractivity contribution in [2.24, 2.45) is 0 Å². The number of aromatic nitrogens is 3. The Morgan fingerprint density at radius 2 is 1.86 bits per heavy atom. The predicted octanol–water partition coefficient (Wildman–Crippen LogP) is 4.75. The molecule has 36 heavy (non-hydrogen) atoms. The third-order valence-electron chi connectivity index (χ3n) is 7.60. The first-order chi connectivity index (χ1) is 17.6. The van der Waals surface area contributed by atoms with Crippen LogP contribution >= 0.6 is 0 Å². The lowest BCUT2D eigenvalue weighted by molar-refractivity contribution is 0.119. The molecule has 3 heterocycles. The monoisotopic (exact) mass is 480 g/mol. The van der Waals surface area contributed by atoms with E-state index < -0.39 is 6.10 Å². The van der Waals surface area contributed by atoms with Gasteiger partial charge in [0.05, 0.1) is 17.1 Å². The van der Waals surface area contributed by atoms with Crippen LogP contribution in [0.25, 0.3) is 21.9 Å². The average molecular weight is 481 g/mol. The zero-order valence-corrected chi connectivity index (χ0v) is 20.5. The number of hydrogen-bond donors (Lipinski definition) is 3. The maximum absolute atomic E-state index is 12.4. The Morgan fingerprint density at radius 3 is 2.72 bits per heavy atom. The van der Waals surface area contributed by atoms with Crippen LogP contribution in [0.15, 0.2) is 83.8 Å². The fourth-order valence-electron chi connectivity index (χ4n) is 5.77. The summed E-state index contributed by atoms with van der Waals surface area (Å²) in [5.74, 6) is 0. The van der Waals surface area contributed by atoms with E-state index in [0.29, 0.717) is 13.0 Å². The molecule has 6 heteroatoms. The normalized spacial score (nSPS) is 18.5. The number of aromatic amines is 1. The first-order valence-electron chi connectivity index (χ1n) is 12.8. The molecule has 6 nitrogen and oxygen atoms in total. The lowest BCUT2D eigenvalue weighted by Crippen LogP contribution is -2.41. The highest BCUT2D eigenvalue weighted by molar-refractivity contribution is 5.84. The minimum absolute atomic E-state index is 0.106. The number of aryl methyl sites for hydroxylation is 2. The zero-order valence-electron chi connectivity index (χ0n) is 20.5. The molecule has 1 aliphatic heterocycles. The molecule has 0 spiro atoms. The van der Waals surface area contributed by atoms with Crippen LogP contribution in [-0.4, -0.2) is 31.3 Å². The number of H-pyrrole nitrogens is 1. The van der Waals surface area contributed by atoms with Crippen molar-refractivity contribution in [1.82, 2.24) is 19.4 Å². The van der Waals surface area contributed by atoms with Crippen molar-refractivity contribution >= 4 is 21.9 Å². The van der Waals surface area contributed by atoms with Gasteiger partial charge in [0.25, 0.3) is 0 Å². The Morgan fingerprint density at radius 1 is 1.06 bits per heavy atom. The molecule has 3 unspecified atom stereocenters. The fraction of sp³-hybridized carbons (Fsp3) is 0.300. The standard InChI is InChI=1S/C30H32N4O2/c1-20(31-26-16-17-34-28-24(29(26)35)11-7-12-25(28)32-30(34)36)14-15-22-19-33(18-21-8-3-2-4-9-21)27-13-6-5-10-23(22)27/h2-13,19-20,26,29,31,35H,14-18H2,1H3,(H,32,36). The summed E-state index contributed by atoms with van der Waals surface area (Å²) in [6.07, 6.45) is 4.25. The maximum atomic E-state index is 12.4. The molecule has 184 valence electrons. The first-order valence-corrected chi connectivity index (χ1v) is 12.8. The quantitative estimate of drug-likeness (QED) is 0.315. The largest absolute Gasteiger partial charge is 0.387 e. The van der Waals surface area contributed by atoms with Gasteiger partial charge in [-0.3, -0.25) is 4.57 Å². The van der Waals surface area contributed by atoms with Crippen molar-refractivity contribution < 1.29 is 5.11 Å². The van der Waals surface area contributed by atoms with Crippen molar-refractivity contribution in [3.05, 3.63) is 106 Å². The molecular weight excluding hydrogens is 448 g/mol. The van der Waals surface area contributed by atoms with Crippen molar-refractivity contribution in [2.45, 2.75) is 57.5 Å². The summed E-state index contributed by atoms with van der Waals surface area (Å²) < 4.78 is 4.11. The molecular formula is C30H32N4O2. The van der Waals surface area contributed by atoms with Crippen LogP contribution in [0.5, 0.6) is 0 Å². The number of aliphatic hydroxyl groups excluding tert-OH is 1. The van der Waals surface area contributed by atoms with Gasteiger partial charge in [-0.05, 0) is 49.4 Å². The number of imidazole rings is 1. The molecule has 0 saturated heterocycles. The smallest absolute Gasteiger partial charge is 0.326 e. The van der Waals surface area contributed by atoms with Crippen LogP contribution in [0.4, 0.5) is 0 Å². The van der Waals surface area contributed by atoms with Gasteiger partial charge in [0.15, 0.2) is 0 Å². The minimum atomic E-state index is -0.659. The van der Waals surface area contributed by atoms with Gasteiger partial charge in [0, 0.05) is 47.8 Å². The van der Waals surface area contributed by atoms with Crippen LogP contribution in [0.2, 0.25) is 0 Å². The topological polar surface area (TPSA) is 75.0 Å². The Labute approximate surface area is 210 Å². The summed E-state index contributed by atoms with van der Waals surface area (Å²) in [6.45, 7) is 3.63. The van der Waals surface area contributed by atoms with Gasteiger partial charge in [-0.25, -0.2) is 4.79 Å². The Hall–Kier alpha value is -3.61. The molecule has 0 saturated carbocycles. The van der Waals surface area contributed by atoms with Gasteiger partial charge < -0.3 is 20.0 Å². The number of benzene rings is 3. The van der Waals surface area contributed by atoms with E-state index in [1.165, 1.54) is 22.0 Å². The van der Waals surface area contributed by atoms with E-state index in [9.17, 15) is 9.90 Å². The van der Waals surface area contributed by atoms with Crippen molar-refractivity contribution in [3.8, 4) is 0 Å². The van der Waals surface area contributed by atoms with Gasteiger partial charge in [0.1, 0.15) is 0 Å². The maximum Gasteiger partial charge on any atom is 0.326 e. The highest BCUT2D eigenvalue weighted by Crippen LogP contribution is 2.30. The summed E-state index contributed by atoms with van der Waals surface area (Å²) in [7, 11) is 0. The van der Waals surface area contributed by atoms with E-state index in [0.717, 1.165) is 36.0 Å². The molecule has 0 amide bonds. The molecule has 0 radical (unpaired) electrons. The van der Waals surface area contributed by atoms with Crippen LogP contribution < -0.4 is 11.0 Å². The van der Waals surface area contributed by atoms with Gasteiger partial charge in [-0.1, -0.05) is 60.7 Å². The number of fused-ring (bicyclic) bond motifs is 1. The Kier molecular flexibility index (Phi) is 5.99. The highest BCUT2D eigenvalue weighted by Gasteiger charge is 2.29. The molecule has 3 N–H and O–H groups in total. The number of para-hydroxylation sites is 2. The SMILES string of the molecule is CC(CCc1cn(Cc2ccccc2)c2ccccc12)NC1CCn2c(=O)[nH]c3cccc(c32)C1O. The van der Waals surface area contributed by atoms with Crippen molar-refractivity contribution in [1.29, 1.82) is 0 Å². The van der Waals surface area contributed by atoms with Crippen molar-refractivity contribution in [3.63, 3.8) is 0 Å². The molecule has 3 aromatic carbocycles. The third-order valence-corrected chi connectivity index (χ3v) is 7.60. The van der Waals surface area contributed by atoms with E-state index in [1.54, 1.807) is 4.57 Å². The van der Waals surface area contributed by atoms with Gasteiger partial charge >= 0.3 is 5.69 Å². The van der Waals surface area contributed by atoms with E-state index >= 15 is 0 Å². The molecule has 3 atom stereocenters. The minimum Gasteiger partial charge on any atom is -0.387 e. The van der Waals surface area contributed by atoms with Crippen molar-refractivity contribution in [2.75, 3.05) is 0 Å². The van der Waals surface area contributed by atoms with Gasteiger partial charge in [-0.2, -0.15) is 0 Å². The zero-order chi connectivity index (χ0) is 24.6. The number of nitrogens with one attached hydrogen (secondary N) is 2. The van der Waals surface area contributed by atoms with E-state index in [4.69, 9.17) is 0 Å². The summed E-state index contributed by atoms with van der Waals surface area (Å²) in [5, 5.41) is 16.2. The highest BCUT2D eigenvalue weighted by atomic mass is 16.3. The number of nitrogens with zero attached hydrogens (tertiary/aromatic N) is 2. The Bertz CT molecular complexity index is 1560. The van der Waals surface area contributed by atoms with Crippen LogP contribution in [-0.2, 0) is 19.5 Å². The second kappa shape index (κ2) is 9.45. The summed E-state index contributed by atoms with van der Waals surface area (Å²) in [4.78, 5) is 15.3. The van der Waals surface area contributed by atoms with Crippen LogP contribution in [0.1, 0.15) is 42.6 Å². The number of hydrogen-bond acceptors (Lipinski definition) is 3. The summed E-state index contributed by atoms with van der Waals surface area (Å²) in [5.41, 5.74) is 6.24. The number of aliphatic hydroxyl groups is 1. The average Bonchev–Trinajstić information content (AvgIpc) is 3.37. The Balaban J connectivity index is 1.17. The summed E-state index contributed by atoms with van der Waals surface area (Å²) in [6, 6.07) is 25.0. The van der Waals surface area contributed by atoms with Gasteiger partial charge in [-0.15, -0.1) is 0 Å². The third kappa shape index (κ3) is 4.16. The van der Waals surface area contributed by atoms with Gasteiger partial charge in [0.2, 0.25) is 0 Å². The summed E-state index contributed by atoms with van der Waals surface area (Å²) >= 11 is 0. The van der Waals surface area contributed by atoms with Crippen LogP contribution in [0, 0.1) is 0 Å². The number of rotatable bonds is 7. The van der Waals surface area contributed by atoms with E-state index in [2.05, 4.69) is 82.6 Å². The molecule has 0 bridgehead atoms. The van der Waals surface area contributed by atoms with Crippen LogP contribution in [0.3, 0.4) is 0 Å². The second-order valence-corrected chi connectivity index (χ2v) is 10.1. The predicted molar refractivity (Wildman–Crippen MR) is 144 cm³/mol. The molecule has 0 fully saturated rings. The molecule has 6 rings (SSSR count). The molecule has 1 aliphatic rings. The first kappa shape index (κ1) is 22.8. The lowest BCUT2D eigenvalue weighted by atomic mass is 9.98. The molecule has 0 aliphatic carbocycles. The van der Waals surface area contributed by atoms with E-state index in [1.807, 2.05) is 18.2 Å². The lowest BCUT2D eigenvalue weighted by Gasteiger charge is -2.26.